The molecule has 0 spiro atoms. The largest absolute Gasteiger partial charge is 0.493 e. The molecule has 2 rings (SSSR count). The van der Waals surface area contributed by atoms with Gasteiger partial charge in [0.25, 0.3) is 0 Å². The Hall–Kier alpha value is -1.09. The Morgan fingerprint density at radius 2 is 2.06 bits per heavy atom. The van der Waals surface area contributed by atoms with Crippen LogP contribution in [0.2, 0.25) is 0 Å². The Morgan fingerprint density at radius 3 is 2.82 bits per heavy atom. The number of rotatable bonds is 5. The third-order valence-corrected chi connectivity index (χ3v) is 3.23. The summed E-state index contributed by atoms with van der Waals surface area (Å²) in [7, 11) is 0. The maximum atomic E-state index is 13.0. The van der Waals surface area contributed by atoms with Crippen LogP contribution in [-0.4, -0.2) is 31.1 Å². The highest BCUT2D eigenvalue weighted by atomic mass is 19.1. The van der Waals surface area contributed by atoms with E-state index in [4.69, 9.17) is 4.74 Å². The van der Waals surface area contributed by atoms with Crippen LogP contribution in [0.1, 0.15) is 24.8 Å². The van der Waals surface area contributed by atoms with Crippen LogP contribution in [0.5, 0.6) is 5.75 Å². The Bertz CT molecular complexity index is 361. The first kappa shape index (κ1) is 12.4. The molecule has 0 unspecified atom stereocenters. The lowest BCUT2D eigenvalue weighted by Gasteiger charge is -2.15. The highest BCUT2D eigenvalue weighted by Gasteiger charge is 2.10. The molecular weight excluding hydrogens is 217 g/mol. The van der Waals surface area contributed by atoms with Crippen molar-refractivity contribution in [2.24, 2.45) is 0 Å². The van der Waals surface area contributed by atoms with Gasteiger partial charge in [-0.15, -0.1) is 0 Å². The molecule has 1 fully saturated rings. The monoisotopic (exact) mass is 237 g/mol. The van der Waals surface area contributed by atoms with Crippen LogP contribution in [0, 0.1) is 12.7 Å². The average molecular weight is 237 g/mol. The summed E-state index contributed by atoms with van der Waals surface area (Å²) in [4.78, 5) is 2.46. The summed E-state index contributed by atoms with van der Waals surface area (Å²) in [5.74, 6) is 0.441. The smallest absolute Gasteiger partial charge is 0.126 e. The van der Waals surface area contributed by atoms with Crippen molar-refractivity contribution in [1.82, 2.24) is 4.90 Å². The molecule has 1 saturated heterocycles. The summed E-state index contributed by atoms with van der Waals surface area (Å²) in [6.07, 6.45) is 3.66. The lowest BCUT2D eigenvalue weighted by molar-refractivity contribution is 0.261. The van der Waals surface area contributed by atoms with E-state index >= 15 is 0 Å². The summed E-state index contributed by atoms with van der Waals surface area (Å²) >= 11 is 0. The van der Waals surface area contributed by atoms with Crippen molar-refractivity contribution in [2.75, 3.05) is 26.2 Å². The van der Waals surface area contributed by atoms with Gasteiger partial charge < -0.3 is 9.64 Å². The summed E-state index contributed by atoms with van der Waals surface area (Å²) < 4.78 is 18.6. The second kappa shape index (κ2) is 6.01. The summed E-state index contributed by atoms with van der Waals surface area (Å²) in [5.41, 5.74) is 0.993. The molecule has 1 aromatic carbocycles. The van der Waals surface area contributed by atoms with E-state index in [0.717, 1.165) is 18.5 Å². The number of aryl methyl sites for hydroxylation is 1. The molecule has 0 atom stereocenters. The topological polar surface area (TPSA) is 12.5 Å². The summed E-state index contributed by atoms with van der Waals surface area (Å²) in [6.45, 7) is 6.14. The van der Waals surface area contributed by atoms with Crippen molar-refractivity contribution in [2.45, 2.75) is 26.2 Å². The predicted octanol–water partition coefficient (Wildman–Crippen LogP) is 3.00. The first-order valence-electron chi connectivity index (χ1n) is 6.37. The first-order chi connectivity index (χ1) is 8.25. The number of hydrogen-bond acceptors (Lipinski definition) is 2. The van der Waals surface area contributed by atoms with Gasteiger partial charge >= 0.3 is 0 Å². The fraction of sp³-hybridized carbons (Fsp3) is 0.571. The Morgan fingerprint density at radius 1 is 1.29 bits per heavy atom. The number of hydrogen-bond donors (Lipinski definition) is 0. The molecule has 0 amide bonds. The number of nitrogens with zero attached hydrogens (tertiary/aromatic N) is 1. The molecule has 1 aliphatic rings. The van der Waals surface area contributed by atoms with E-state index in [9.17, 15) is 4.39 Å². The van der Waals surface area contributed by atoms with Crippen molar-refractivity contribution in [1.29, 1.82) is 0 Å². The maximum absolute atomic E-state index is 13.0. The minimum Gasteiger partial charge on any atom is -0.493 e. The highest BCUT2D eigenvalue weighted by molar-refractivity contribution is 5.32. The van der Waals surface area contributed by atoms with Gasteiger partial charge in [-0.05, 0) is 50.9 Å². The van der Waals surface area contributed by atoms with Crippen molar-refractivity contribution in [3.63, 3.8) is 0 Å². The van der Waals surface area contributed by atoms with E-state index in [1.807, 2.05) is 6.92 Å². The van der Waals surface area contributed by atoms with Crippen LogP contribution in [0.3, 0.4) is 0 Å². The third kappa shape index (κ3) is 3.70. The second-order valence-electron chi connectivity index (χ2n) is 4.66. The van der Waals surface area contributed by atoms with E-state index in [0.29, 0.717) is 12.4 Å². The van der Waals surface area contributed by atoms with Crippen LogP contribution in [0.15, 0.2) is 18.2 Å². The van der Waals surface area contributed by atoms with Crippen molar-refractivity contribution in [3.8, 4) is 5.75 Å². The van der Waals surface area contributed by atoms with Gasteiger partial charge in [-0.2, -0.15) is 0 Å². The molecule has 2 nitrogen and oxygen atoms in total. The molecule has 0 aromatic heterocycles. The van der Waals surface area contributed by atoms with Crippen LogP contribution < -0.4 is 4.74 Å². The molecule has 0 N–H and O–H groups in total. The molecule has 0 saturated carbocycles. The molecule has 1 aliphatic heterocycles. The molecule has 1 aromatic rings. The van der Waals surface area contributed by atoms with Gasteiger partial charge in [-0.25, -0.2) is 4.39 Å². The average Bonchev–Trinajstić information content (AvgIpc) is 2.82. The van der Waals surface area contributed by atoms with Gasteiger partial charge in [0, 0.05) is 12.6 Å². The highest BCUT2D eigenvalue weighted by Crippen LogP contribution is 2.18. The predicted molar refractivity (Wildman–Crippen MR) is 66.9 cm³/mol. The molecule has 0 bridgehead atoms. The van der Waals surface area contributed by atoms with Gasteiger partial charge in [0.05, 0.1) is 6.61 Å². The maximum Gasteiger partial charge on any atom is 0.126 e. The minimum absolute atomic E-state index is 0.231. The molecular formula is C14H20FNO. The van der Waals surface area contributed by atoms with Crippen molar-refractivity contribution >= 4 is 0 Å². The molecule has 0 radical (unpaired) electrons. The number of halogens is 1. The quantitative estimate of drug-likeness (QED) is 0.730. The van der Waals surface area contributed by atoms with Gasteiger partial charge in [-0.3, -0.25) is 0 Å². The summed E-state index contributed by atoms with van der Waals surface area (Å²) in [6, 6.07) is 4.68. The van der Waals surface area contributed by atoms with E-state index in [2.05, 4.69) is 4.90 Å². The van der Waals surface area contributed by atoms with Crippen LogP contribution >= 0.6 is 0 Å². The van der Waals surface area contributed by atoms with Crippen molar-refractivity contribution < 1.29 is 9.13 Å². The standard InChI is InChI=1S/C14H20FNO/c1-12-5-6-13(15)11-14(12)17-10-4-9-16-7-2-3-8-16/h5-6,11H,2-4,7-10H2,1H3. The van der Waals surface area contributed by atoms with Gasteiger partial charge in [0.1, 0.15) is 11.6 Å². The zero-order chi connectivity index (χ0) is 12.1. The van der Waals surface area contributed by atoms with Crippen LogP contribution in [0.4, 0.5) is 4.39 Å². The van der Waals surface area contributed by atoms with E-state index in [-0.39, 0.29) is 5.82 Å². The Balaban J connectivity index is 1.72. The molecule has 1 heterocycles. The Labute approximate surface area is 102 Å². The minimum atomic E-state index is -0.231. The normalized spacial score (nSPS) is 16.4. The summed E-state index contributed by atoms with van der Waals surface area (Å²) in [5, 5.41) is 0. The fourth-order valence-corrected chi connectivity index (χ4v) is 2.21. The molecule has 17 heavy (non-hydrogen) atoms. The zero-order valence-corrected chi connectivity index (χ0v) is 10.4. The van der Waals surface area contributed by atoms with Crippen LogP contribution in [-0.2, 0) is 0 Å². The van der Waals surface area contributed by atoms with Gasteiger partial charge in [0.15, 0.2) is 0 Å². The fourth-order valence-electron chi connectivity index (χ4n) is 2.21. The number of benzene rings is 1. The lowest BCUT2D eigenvalue weighted by Crippen LogP contribution is -2.21. The zero-order valence-electron chi connectivity index (χ0n) is 10.4. The van der Waals surface area contributed by atoms with E-state index in [1.54, 1.807) is 6.07 Å². The lowest BCUT2D eigenvalue weighted by atomic mass is 10.2. The number of ether oxygens (including phenoxy) is 1. The van der Waals surface area contributed by atoms with E-state index in [1.165, 1.54) is 38.1 Å². The third-order valence-electron chi connectivity index (χ3n) is 3.23. The molecule has 94 valence electrons. The van der Waals surface area contributed by atoms with Crippen molar-refractivity contribution in [3.05, 3.63) is 29.6 Å². The van der Waals surface area contributed by atoms with Gasteiger partial charge in [-0.1, -0.05) is 6.07 Å². The van der Waals surface area contributed by atoms with Gasteiger partial charge in [0.2, 0.25) is 0 Å². The second-order valence-corrected chi connectivity index (χ2v) is 4.66. The van der Waals surface area contributed by atoms with E-state index < -0.39 is 0 Å². The SMILES string of the molecule is Cc1ccc(F)cc1OCCCN1CCCC1. The molecule has 3 heteroatoms. The van der Waals surface area contributed by atoms with Crippen LogP contribution in [0.25, 0.3) is 0 Å². The molecule has 0 aliphatic carbocycles. The number of likely N-dealkylation sites (tertiary alicyclic amines) is 1. The first-order valence-corrected chi connectivity index (χ1v) is 6.37. The Kier molecular flexibility index (Phi) is 4.37.